The van der Waals surface area contributed by atoms with Crippen molar-refractivity contribution >= 4 is 40.6 Å². The van der Waals surface area contributed by atoms with Gasteiger partial charge in [-0.2, -0.15) is 0 Å². The van der Waals surface area contributed by atoms with Crippen molar-refractivity contribution in [3.8, 4) is 0 Å². The normalized spacial score (nSPS) is 12.3. The number of aryl methyl sites for hydroxylation is 1. The molecular weight excluding hydrogens is 510 g/mol. The standard InChI is InChI=1S/C30H25N3O3.C3H8.C2H6/c1-18-5-3-7-22(11-18)29(35)32-24-8-4-6-20(13-24)12-21-9-10-26-27(30(36)33-28(26)14-21)16-25-15-23(17-31-25)19(2)34;1-3-2;1-2/h3-11,13-17,31,34H,2,12H2,1H3,(H,32,35)(H,33,36);3H2,1-2H3;1-2H3/b27-16-;;. The van der Waals surface area contributed by atoms with Crippen molar-refractivity contribution in [3.63, 3.8) is 0 Å². The van der Waals surface area contributed by atoms with Gasteiger partial charge in [-0.05, 0) is 66.9 Å². The topological polar surface area (TPSA) is 94.2 Å². The Kier molecular flexibility index (Phi) is 10.9. The van der Waals surface area contributed by atoms with Gasteiger partial charge in [0.05, 0.1) is 5.57 Å². The number of aromatic nitrogens is 1. The van der Waals surface area contributed by atoms with E-state index in [2.05, 4.69) is 36.0 Å². The van der Waals surface area contributed by atoms with Crippen LogP contribution in [0, 0.1) is 6.92 Å². The van der Waals surface area contributed by atoms with Gasteiger partial charge in [0.25, 0.3) is 11.8 Å². The Bertz CT molecular complexity index is 1560. The van der Waals surface area contributed by atoms with Crippen molar-refractivity contribution in [3.05, 3.63) is 125 Å². The second kappa shape index (κ2) is 14.5. The summed E-state index contributed by atoms with van der Waals surface area (Å²) in [5.41, 5.74) is 7.87. The molecule has 4 aromatic rings. The van der Waals surface area contributed by atoms with E-state index in [0.29, 0.717) is 28.8 Å². The maximum atomic E-state index is 12.6. The van der Waals surface area contributed by atoms with E-state index in [-0.39, 0.29) is 17.6 Å². The largest absolute Gasteiger partial charge is 0.508 e. The third-order valence-corrected chi connectivity index (χ3v) is 6.08. The molecule has 0 bridgehead atoms. The fourth-order valence-corrected chi connectivity index (χ4v) is 4.30. The number of hydrogen-bond acceptors (Lipinski definition) is 3. The summed E-state index contributed by atoms with van der Waals surface area (Å²) in [4.78, 5) is 28.3. The van der Waals surface area contributed by atoms with E-state index < -0.39 is 0 Å². The number of aromatic amines is 1. The molecule has 0 fully saturated rings. The van der Waals surface area contributed by atoms with Crippen LogP contribution in [-0.4, -0.2) is 21.9 Å². The van der Waals surface area contributed by atoms with Crippen LogP contribution in [0.15, 0.2) is 85.6 Å². The average Bonchev–Trinajstić information content (AvgIpc) is 3.55. The van der Waals surface area contributed by atoms with Crippen LogP contribution in [0.3, 0.4) is 0 Å². The summed E-state index contributed by atoms with van der Waals surface area (Å²) in [5, 5.41) is 15.5. The quantitative estimate of drug-likeness (QED) is 0.143. The molecule has 1 aliphatic rings. The van der Waals surface area contributed by atoms with Crippen molar-refractivity contribution < 1.29 is 14.7 Å². The molecule has 0 atom stereocenters. The Morgan fingerprint density at radius 3 is 2.34 bits per heavy atom. The first-order valence-electron chi connectivity index (χ1n) is 14.0. The fraction of sp³-hybridized carbons (Fsp3) is 0.200. The van der Waals surface area contributed by atoms with Gasteiger partial charge in [0.15, 0.2) is 0 Å². The number of carbonyl (C=O) groups excluding carboxylic acids is 2. The molecule has 212 valence electrons. The number of rotatable bonds is 6. The van der Waals surface area contributed by atoms with Crippen LogP contribution in [0.4, 0.5) is 11.4 Å². The highest BCUT2D eigenvalue weighted by molar-refractivity contribution is 6.34. The first kappa shape index (κ1) is 30.7. The molecule has 6 heteroatoms. The van der Waals surface area contributed by atoms with Crippen molar-refractivity contribution in [2.45, 2.75) is 47.5 Å². The minimum absolute atomic E-state index is 0.0318. The first-order valence-corrected chi connectivity index (χ1v) is 14.0. The SMILES string of the molecule is C=C(O)c1c[nH]c(/C=C2\C(=O)Nc3cc(Cc4cccc(NC(=O)c5cccc(C)c5)c4)ccc32)c1.CC.CCC. The minimum Gasteiger partial charge on any atom is -0.508 e. The van der Waals surface area contributed by atoms with E-state index in [1.165, 1.54) is 6.42 Å². The third kappa shape index (κ3) is 8.08. The van der Waals surface area contributed by atoms with Crippen molar-refractivity contribution in [2.75, 3.05) is 10.6 Å². The van der Waals surface area contributed by atoms with Crippen LogP contribution in [-0.2, 0) is 11.2 Å². The van der Waals surface area contributed by atoms with Crippen LogP contribution in [0.2, 0.25) is 0 Å². The Morgan fingerprint density at radius 2 is 1.66 bits per heavy atom. The Morgan fingerprint density at radius 1 is 0.951 bits per heavy atom. The van der Waals surface area contributed by atoms with E-state index in [9.17, 15) is 14.7 Å². The van der Waals surface area contributed by atoms with Crippen molar-refractivity contribution in [1.82, 2.24) is 4.98 Å². The number of amides is 2. The summed E-state index contributed by atoms with van der Waals surface area (Å²) in [5.74, 6) is -0.356. The molecule has 3 aromatic carbocycles. The molecule has 2 heterocycles. The number of benzene rings is 3. The lowest BCUT2D eigenvalue weighted by Crippen LogP contribution is -2.12. The predicted molar refractivity (Wildman–Crippen MR) is 171 cm³/mol. The summed E-state index contributed by atoms with van der Waals surface area (Å²) in [6.07, 6.45) is 5.30. The molecule has 41 heavy (non-hydrogen) atoms. The molecule has 0 unspecified atom stereocenters. The summed E-state index contributed by atoms with van der Waals surface area (Å²) >= 11 is 0. The Labute approximate surface area is 242 Å². The van der Waals surface area contributed by atoms with E-state index in [4.69, 9.17) is 0 Å². The van der Waals surface area contributed by atoms with E-state index in [1.807, 2.05) is 81.4 Å². The van der Waals surface area contributed by atoms with Gasteiger partial charge in [0.1, 0.15) is 5.76 Å². The highest BCUT2D eigenvalue weighted by Gasteiger charge is 2.24. The summed E-state index contributed by atoms with van der Waals surface area (Å²) in [7, 11) is 0. The molecule has 1 aromatic heterocycles. The van der Waals surface area contributed by atoms with Crippen LogP contribution < -0.4 is 10.6 Å². The smallest absolute Gasteiger partial charge is 0.256 e. The second-order valence-corrected chi connectivity index (χ2v) is 9.59. The third-order valence-electron chi connectivity index (χ3n) is 6.08. The molecular formula is C35H39N3O3. The molecule has 1 aliphatic heterocycles. The number of H-pyrrole nitrogens is 1. The maximum Gasteiger partial charge on any atom is 0.256 e. The Balaban J connectivity index is 0.000000868. The van der Waals surface area contributed by atoms with Crippen molar-refractivity contribution in [2.24, 2.45) is 0 Å². The first-order chi connectivity index (χ1) is 19.8. The number of aliphatic hydroxyl groups is 1. The van der Waals surface area contributed by atoms with E-state index >= 15 is 0 Å². The fourth-order valence-electron chi connectivity index (χ4n) is 4.30. The zero-order valence-electron chi connectivity index (χ0n) is 24.5. The van der Waals surface area contributed by atoms with E-state index in [0.717, 1.165) is 33.6 Å². The van der Waals surface area contributed by atoms with Crippen LogP contribution in [0.1, 0.15) is 78.0 Å². The summed E-state index contributed by atoms with van der Waals surface area (Å²) < 4.78 is 0. The highest BCUT2D eigenvalue weighted by atomic mass is 16.3. The lowest BCUT2D eigenvalue weighted by molar-refractivity contribution is -0.110. The predicted octanol–water partition coefficient (Wildman–Crippen LogP) is 8.63. The number of carbonyl (C=O) groups is 2. The summed E-state index contributed by atoms with van der Waals surface area (Å²) in [6, 6.07) is 22.9. The van der Waals surface area contributed by atoms with Gasteiger partial charge in [-0.1, -0.05) is 82.7 Å². The van der Waals surface area contributed by atoms with Crippen LogP contribution >= 0.6 is 0 Å². The molecule has 4 N–H and O–H groups in total. The number of nitrogens with one attached hydrogen (secondary N) is 3. The number of hydrogen-bond donors (Lipinski definition) is 4. The molecule has 0 radical (unpaired) electrons. The molecule has 6 nitrogen and oxygen atoms in total. The van der Waals surface area contributed by atoms with Gasteiger partial charge in [-0.15, -0.1) is 0 Å². The van der Waals surface area contributed by atoms with Gasteiger partial charge in [-0.25, -0.2) is 0 Å². The number of fused-ring (bicyclic) bond motifs is 1. The zero-order valence-corrected chi connectivity index (χ0v) is 24.5. The molecule has 0 saturated heterocycles. The van der Waals surface area contributed by atoms with E-state index in [1.54, 1.807) is 24.4 Å². The molecule has 0 spiro atoms. The molecule has 0 aliphatic carbocycles. The highest BCUT2D eigenvalue weighted by Crippen LogP contribution is 2.34. The van der Waals surface area contributed by atoms with Gasteiger partial charge in [0.2, 0.25) is 0 Å². The maximum absolute atomic E-state index is 12.6. The molecule has 5 rings (SSSR count). The zero-order chi connectivity index (χ0) is 29.9. The lowest BCUT2D eigenvalue weighted by Gasteiger charge is -2.09. The second-order valence-electron chi connectivity index (χ2n) is 9.59. The van der Waals surface area contributed by atoms with Crippen molar-refractivity contribution in [1.29, 1.82) is 0 Å². The van der Waals surface area contributed by atoms with Gasteiger partial charge >= 0.3 is 0 Å². The minimum atomic E-state index is -0.179. The summed E-state index contributed by atoms with van der Waals surface area (Å²) in [6.45, 7) is 13.7. The van der Waals surface area contributed by atoms with Gasteiger partial charge < -0.3 is 20.7 Å². The monoisotopic (exact) mass is 549 g/mol. The van der Waals surface area contributed by atoms with Gasteiger partial charge in [0, 0.05) is 40.0 Å². The molecule has 2 amide bonds. The Hall–Kier alpha value is -4.84. The average molecular weight is 550 g/mol. The number of aliphatic hydroxyl groups excluding tert-OH is 1. The van der Waals surface area contributed by atoms with Crippen LogP contribution in [0.5, 0.6) is 0 Å². The van der Waals surface area contributed by atoms with Gasteiger partial charge in [-0.3, -0.25) is 9.59 Å². The number of anilines is 2. The van der Waals surface area contributed by atoms with Crippen LogP contribution in [0.25, 0.3) is 17.4 Å². The lowest BCUT2D eigenvalue weighted by atomic mass is 9.99. The molecule has 0 saturated carbocycles.